The van der Waals surface area contributed by atoms with Crippen molar-refractivity contribution in [3.63, 3.8) is 0 Å². The largest absolute Gasteiger partial charge is 0.379 e. The van der Waals surface area contributed by atoms with Crippen molar-refractivity contribution in [2.75, 3.05) is 5.32 Å². The fraction of sp³-hybridized carbons (Fsp3) is 0.0667. The van der Waals surface area contributed by atoms with Crippen LogP contribution in [-0.4, -0.2) is 15.4 Å². The molecule has 0 spiro atoms. The molecule has 0 saturated heterocycles. The standard InChI is InChI=1S/C15H12ClFN4/c16-12-7-6-11(8-13(12)17)18-9-14-15(20-21-19-14)10-4-2-1-3-5-10/h1-8,18H,9H2,(H,19,20,21). The Morgan fingerprint density at radius 2 is 1.90 bits per heavy atom. The van der Waals surface area contributed by atoms with Crippen molar-refractivity contribution < 1.29 is 4.39 Å². The summed E-state index contributed by atoms with van der Waals surface area (Å²) in [5.41, 5.74) is 3.15. The van der Waals surface area contributed by atoms with Gasteiger partial charge in [-0.15, -0.1) is 0 Å². The Bertz CT molecular complexity index is 742. The van der Waals surface area contributed by atoms with E-state index in [2.05, 4.69) is 20.7 Å². The maximum atomic E-state index is 13.4. The van der Waals surface area contributed by atoms with Crippen molar-refractivity contribution >= 4 is 17.3 Å². The number of hydrogen-bond donors (Lipinski definition) is 2. The number of aromatic amines is 1. The number of H-pyrrole nitrogens is 1. The van der Waals surface area contributed by atoms with Gasteiger partial charge in [-0.25, -0.2) is 4.39 Å². The van der Waals surface area contributed by atoms with Crippen molar-refractivity contribution in [1.29, 1.82) is 0 Å². The molecule has 0 fully saturated rings. The molecule has 0 aliphatic carbocycles. The summed E-state index contributed by atoms with van der Waals surface area (Å²) in [7, 11) is 0. The van der Waals surface area contributed by atoms with Crippen LogP contribution in [0.15, 0.2) is 48.5 Å². The van der Waals surface area contributed by atoms with E-state index < -0.39 is 5.82 Å². The smallest absolute Gasteiger partial charge is 0.143 e. The number of benzene rings is 2. The van der Waals surface area contributed by atoms with Gasteiger partial charge in [-0.05, 0) is 18.2 Å². The van der Waals surface area contributed by atoms with Crippen molar-refractivity contribution in [2.45, 2.75) is 6.54 Å². The first kappa shape index (κ1) is 13.6. The predicted octanol–water partition coefficient (Wildman–Crippen LogP) is 3.88. The molecule has 0 amide bonds. The van der Waals surface area contributed by atoms with Gasteiger partial charge in [-0.2, -0.15) is 15.4 Å². The summed E-state index contributed by atoms with van der Waals surface area (Å²) < 4.78 is 13.4. The summed E-state index contributed by atoms with van der Waals surface area (Å²) in [5.74, 6) is -0.454. The molecule has 0 radical (unpaired) electrons. The van der Waals surface area contributed by atoms with Crippen molar-refractivity contribution in [3.05, 3.63) is 65.1 Å². The van der Waals surface area contributed by atoms with Crippen LogP contribution in [0.2, 0.25) is 5.02 Å². The van der Waals surface area contributed by atoms with Gasteiger partial charge in [0.2, 0.25) is 0 Å². The van der Waals surface area contributed by atoms with Crippen LogP contribution in [-0.2, 0) is 6.54 Å². The summed E-state index contributed by atoms with van der Waals surface area (Å²) in [6.07, 6.45) is 0. The Morgan fingerprint density at radius 1 is 1.10 bits per heavy atom. The second-order valence-electron chi connectivity index (χ2n) is 4.47. The van der Waals surface area contributed by atoms with Gasteiger partial charge in [0.05, 0.1) is 11.6 Å². The lowest BCUT2D eigenvalue weighted by molar-refractivity contribution is 0.628. The molecule has 0 saturated carbocycles. The number of nitrogens with zero attached hydrogens (tertiary/aromatic N) is 2. The van der Waals surface area contributed by atoms with Gasteiger partial charge in [-0.3, -0.25) is 0 Å². The molecule has 0 atom stereocenters. The minimum absolute atomic E-state index is 0.104. The third kappa shape index (κ3) is 3.03. The van der Waals surface area contributed by atoms with Crippen LogP contribution in [0.5, 0.6) is 0 Å². The lowest BCUT2D eigenvalue weighted by Gasteiger charge is -2.06. The summed E-state index contributed by atoms with van der Waals surface area (Å²) in [6, 6.07) is 14.3. The maximum absolute atomic E-state index is 13.4. The van der Waals surface area contributed by atoms with Gasteiger partial charge in [0.15, 0.2) is 0 Å². The highest BCUT2D eigenvalue weighted by atomic mass is 35.5. The Morgan fingerprint density at radius 3 is 2.67 bits per heavy atom. The minimum atomic E-state index is -0.454. The Labute approximate surface area is 126 Å². The van der Waals surface area contributed by atoms with E-state index in [-0.39, 0.29) is 5.02 Å². The Balaban J connectivity index is 1.77. The van der Waals surface area contributed by atoms with E-state index in [1.54, 1.807) is 6.07 Å². The van der Waals surface area contributed by atoms with E-state index in [1.165, 1.54) is 12.1 Å². The molecule has 1 heterocycles. The SMILES string of the molecule is Fc1cc(NCc2n[nH]nc2-c2ccccc2)ccc1Cl. The Hall–Kier alpha value is -2.40. The van der Waals surface area contributed by atoms with Crippen LogP contribution in [0.1, 0.15) is 5.69 Å². The molecule has 1 aromatic heterocycles. The van der Waals surface area contributed by atoms with Crippen molar-refractivity contribution in [1.82, 2.24) is 15.4 Å². The summed E-state index contributed by atoms with van der Waals surface area (Å²) in [4.78, 5) is 0. The molecule has 4 nitrogen and oxygen atoms in total. The highest BCUT2D eigenvalue weighted by Crippen LogP contribution is 2.22. The van der Waals surface area contributed by atoms with Crippen LogP contribution >= 0.6 is 11.6 Å². The molecular weight excluding hydrogens is 291 g/mol. The molecule has 21 heavy (non-hydrogen) atoms. The number of rotatable bonds is 4. The molecule has 2 N–H and O–H groups in total. The summed E-state index contributed by atoms with van der Waals surface area (Å²) in [6.45, 7) is 0.432. The molecule has 106 valence electrons. The number of hydrogen-bond acceptors (Lipinski definition) is 3. The van der Waals surface area contributed by atoms with E-state index in [9.17, 15) is 4.39 Å². The first-order chi connectivity index (χ1) is 10.2. The molecule has 3 rings (SSSR count). The molecule has 0 aliphatic heterocycles. The highest BCUT2D eigenvalue weighted by Gasteiger charge is 2.10. The van der Waals surface area contributed by atoms with E-state index in [0.717, 1.165) is 17.0 Å². The number of anilines is 1. The van der Waals surface area contributed by atoms with Crippen molar-refractivity contribution in [2.24, 2.45) is 0 Å². The van der Waals surface area contributed by atoms with E-state index in [0.29, 0.717) is 12.2 Å². The monoisotopic (exact) mass is 302 g/mol. The first-order valence-electron chi connectivity index (χ1n) is 6.38. The molecular formula is C15H12ClFN4. The van der Waals surface area contributed by atoms with Gasteiger partial charge in [0, 0.05) is 11.3 Å². The van der Waals surface area contributed by atoms with Gasteiger partial charge < -0.3 is 5.32 Å². The highest BCUT2D eigenvalue weighted by molar-refractivity contribution is 6.30. The average Bonchev–Trinajstić information content (AvgIpc) is 2.98. The number of aromatic nitrogens is 3. The van der Waals surface area contributed by atoms with Crippen LogP contribution in [0.25, 0.3) is 11.3 Å². The van der Waals surface area contributed by atoms with Gasteiger partial charge >= 0.3 is 0 Å². The third-order valence-corrected chi connectivity index (χ3v) is 3.35. The van der Waals surface area contributed by atoms with Gasteiger partial charge in [0.25, 0.3) is 0 Å². The maximum Gasteiger partial charge on any atom is 0.143 e. The van der Waals surface area contributed by atoms with Crippen molar-refractivity contribution in [3.8, 4) is 11.3 Å². The van der Waals surface area contributed by atoms with Crippen LogP contribution in [0, 0.1) is 5.82 Å². The zero-order valence-electron chi connectivity index (χ0n) is 11.0. The molecule has 2 aromatic carbocycles. The van der Waals surface area contributed by atoms with E-state index in [4.69, 9.17) is 11.6 Å². The lowest BCUT2D eigenvalue weighted by Crippen LogP contribution is -2.01. The Kier molecular flexibility index (Phi) is 3.83. The second kappa shape index (κ2) is 5.93. The number of halogens is 2. The molecule has 0 bridgehead atoms. The zero-order chi connectivity index (χ0) is 14.7. The van der Waals surface area contributed by atoms with Crippen LogP contribution < -0.4 is 5.32 Å². The number of nitrogens with one attached hydrogen (secondary N) is 2. The lowest BCUT2D eigenvalue weighted by atomic mass is 10.1. The fourth-order valence-corrected chi connectivity index (χ4v) is 2.11. The van der Waals surface area contributed by atoms with E-state index in [1.807, 2.05) is 30.3 Å². The van der Waals surface area contributed by atoms with E-state index >= 15 is 0 Å². The van der Waals surface area contributed by atoms with Crippen LogP contribution in [0.4, 0.5) is 10.1 Å². The van der Waals surface area contributed by atoms with Gasteiger partial charge in [0.1, 0.15) is 17.2 Å². The first-order valence-corrected chi connectivity index (χ1v) is 6.76. The summed E-state index contributed by atoms with van der Waals surface area (Å²) in [5, 5.41) is 14.1. The average molecular weight is 303 g/mol. The molecule has 3 aromatic rings. The zero-order valence-corrected chi connectivity index (χ0v) is 11.7. The topological polar surface area (TPSA) is 53.6 Å². The molecule has 0 unspecified atom stereocenters. The summed E-state index contributed by atoms with van der Waals surface area (Å²) >= 11 is 5.66. The molecule has 6 heteroatoms. The minimum Gasteiger partial charge on any atom is -0.379 e. The second-order valence-corrected chi connectivity index (χ2v) is 4.87. The fourth-order valence-electron chi connectivity index (χ4n) is 2.00. The quantitative estimate of drug-likeness (QED) is 0.769. The normalized spacial score (nSPS) is 10.6. The third-order valence-electron chi connectivity index (χ3n) is 3.05. The van der Waals surface area contributed by atoms with Gasteiger partial charge in [-0.1, -0.05) is 41.9 Å². The van der Waals surface area contributed by atoms with Crippen LogP contribution in [0.3, 0.4) is 0 Å². The molecule has 0 aliphatic rings. The predicted molar refractivity (Wildman–Crippen MR) is 80.6 cm³/mol.